The lowest BCUT2D eigenvalue weighted by molar-refractivity contribution is -0.142. The normalized spacial score (nSPS) is 14.4. The van der Waals surface area contributed by atoms with Crippen LogP contribution in [-0.2, 0) is 23.9 Å². The second-order valence-electron chi connectivity index (χ2n) is 10.3. The Morgan fingerprint density at radius 1 is 1.02 bits per heavy atom. The van der Waals surface area contributed by atoms with E-state index in [4.69, 9.17) is 19.3 Å². The van der Waals surface area contributed by atoms with Crippen LogP contribution in [0.4, 0.5) is 0 Å². The smallest absolute Gasteiger partial charge is 0.302 e. The number of benzene rings is 2. The number of nitrogens with zero attached hydrogens (tertiary/aromatic N) is 4. The van der Waals surface area contributed by atoms with Crippen LogP contribution in [0.5, 0.6) is 5.75 Å². The molecule has 2 heterocycles. The molecule has 0 spiro atoms. The van der Waals surface area contributed by atoms with E-state index in [2.05, 4.69) is 13.8 Å². The lowest BCUT2D eigenvalue weighted by atomic mass is 9.93. The fourth-order valence-electron chi connectivity index (χ4n) is 4.39. The summed E-state index contributed by atoms with van der Waals surface area (Å²) in [6.07, 6.45) is 3.48. The zero-order valence-electron chi connectivity index (χ0n) is 24.7. The number of carbonyl (C=O) groups is 3. The summed E-state index contributed by atoms with van der Waals surface area (Å²) in [5.41, 5.74) is 3.26. The Morgan fingerprint density at radius 3 is 2.40 bits per heavy atom. The van der Waals surface area contributed by atoms with E-state index < -0.39 is 17.8 Å². The van der Waals surface area contributed by atoms with Gasteiger partial charge in [-0.3, -0.25) is 19.3 Å². The zero-order valence-corrected chi connectivity index (χ0v) is 24.7. The van der Waals surface area contributed by atoms with Gasteiger partial charge in [0.25, 0.3) is 11.8 Å². The van der Waals surface area contributed by atoms with E-state index in [-0.39, 0.29) is 37.5 Å². The van der Waals surface area contributed by atoms with Crippen LogP contribution in [-0.4, -0.2) is 65.4 Å². The van der Waals surface area contributed by atoms with Crippen molar-refractivity contribution in [2.45, 2.75) is 27.7 Å². The molecule has 222 valence electrons. The third-order valence-corrected chi connectivity index (χ3v) is 6.59. The highest BCUT2D eigenvalue weighted by Gasteiger charge is 2.35. The first-order valence-electron chi connectivity index (χ1n) is 14.0. The van der Waals surface area contributed by atoms with Gasteiger partial charge in [-0.05, 0) is 60.9 Å². The second kappa shape index (κ2) is 14.2. The molecule has 0 unspecified atom stereocenters. The number of amides is 2. The number of hydrogen-bond acceptors (Lipinski definition) is 8. The lowest BCUT2D eigenvalue weighted by Gasteiger charge is -2.27. The summed E-state index contributed by atoms with van der Waals surface area (Å²) in [5.74, 6) is -0.516. The molecule has 10 heteroatoms. The van der Waals surface area contributed by atoms with Crippen LogP contribution in [0.3, 0.4) is 0 Å². The van der Waals surface area contributed by atoms with Crippen molar-refractivity contribution in [1.82, 2.24) is 14.7 Å². The van der Waals surface area contributed by atoms with Crippen LogP contribution in [0.1, 0.15) is 33.3 Å². The number of aromatic nitrogens is 2. The van der Waals surface area contributed by atoms with Crippen molar-refractivity contribution < 1.29 is 28.6 Å². The highest BCUT2D eigenvalue weighted by atomic mass is 16.6. The Morgan fingerprint density at radius 2 is 1.74 bits per heavy atom. The van der Waals surface area contributed by atoms with E-state index in [1.165, 1.54) is 6.92 Å². The van der Waals surface area contributed by atoms with E-state index in [1.54, 1.807) is 17.7 Å². The molecule has 0 N–H and O–H groups in total. The molecule has 3 aromatic rings. The van der Waals surface area contributed by atoms with Crippen LogP contribution in [0.25, 0.3) is 23.0 Å². The molecule has 0 saturated carbocycles. The van der Waals surface area contributed by atoms with Crippen LogP contribution >= 0.6 is 0 Å². The molecular weight excluding hydrogens is 548 g/mol. The summed E-state index contributed by atoms with van der Waals surface area (Å²) in [7, 11) is 0. The fraction of sp³-hybridized carbons (Fsp3) is 0.303. The number of esters is 1. The number of ether oxygens (including phenoxy) is 3. The Labute approximate surface area is 250 Å². The summed E-state index contributed by atoms with van der Waals surface area (Å²) in [4.78, 5) is 38.6. The van der Waals surface area contributed by atoms with Gasteiger partial charge in [0.15, 0.2) is 0 Å². The third-order valence-electron chi connectivity index (χ3n) is 6.59. The van der Waals surface area contributed by atoms with E-state index >= 15 is 0 Å². The van der Waals surface area contributed by atoms with Crippen molar-refractivity contribution in [3.63, 3.8) is 0 Å². The van der Waals surface area contributed by atoms with Crippen molar-refractivity contribution in [3.05, 3.63) is 83.1 Å². The van der Waals surface area contributed by atoms with Crippen molar-refractivity contribution >= 4 is 23.9 Å². The molecule has 10 nitrogen and oxygen atoms in total. The largest absolute Gasteiger partial charge is 0.493 e. The summed E-state index contributed by atoms with van der Waals surface area (Å²) < 4.78 is 17.8. The minimum Gasteiger partial charge on any atom is -0.493 e. The average Bonchev–Trinajstić information content (AvgIpc) is 3.42. The van der Waals surface area contributed by atoms with Crippen LogP contribution in [0, 0.1) is 17.2 Å². The molecule has 0 saturated heterocycles. The summed E-state index contributed by atoms with van der Waals surface area (Å²) in [6, 6.07) is 19.1. The second-order valence-corrected chi connectivity index (χ2v) is 10.3. The molecule has 0 aliphatic carbocycles. The molecule has 0 bridgehead atoms. The van der Waals surface area contributed by atoms with Crippen LogP contribution in [0.2, 0.25) is 0 Å². The van der Waals surface area contributed by atoms with Crippen molar-refractivity contribution in [2.24, 2.45) is 5.92 Å². The first kappa shape index (κ1) is 30.9. The molecule has 2 amide bonds. The molecule has 4 rings (SSSR count). The van der Waals surface area contributed by atoms with Gasteiger partial charge in [0, 0.05) is 29.8 Å². The van der Waals surface area contributed by atoms with E-state index in [9.17, 15) is 19.6 Å². The van der Waals surface area contributed by atoms with Crippen LogP contribution < -0.4 is 4.74 Å². The van der Waals surface area contributed by atoms with Crippen molar-refractivity contribution in [1.29, 1.82) is 5.26 Å². The van der Waals surface area contributed by atoms with Gasteiger partial charge in [0.05, 0.1) is 37.7 Å². The standard InChI is InChI=1S/C33H34N4O6/c1-22(2)21-43-28-12-10-25(11-13-28)31-26(20-37(35-31)27-8-6-5-7-9-27)18-29-23(3)30(19-34)33(40)36(32(29)39)14-15-41-16-17-42-24(4)38/h5-13,18,20,22H,14-17,21H2,1-4H3/b29-18+. The Bertz CT molecular complexity index is 1580. The van der Waals surface area contributed by atoms with E-state index in [1.807, 2.05) is 66.9 Å². The molecular formula is C33H34N4O6. The molecule has 0 radical (unpaired) electrons. The van der Waals surface area contributed by atoms with Gasteiger partial charge in [-0.15, -0.1) is 0 Å². The number of carbonyl (C=O) groups excluding carboxylic acids is 3. The van der Waals surface area contributed by atoms with Crippen LogP contribution in [0.15, 0.2) is 77.5 Å². The monoisotopic (exact) mass is 582 g/mol. The Hall–Kier alpha value is -5.01. The maximum absolute atomic E-state index is 13.6. The number of imide groups is 1. The first-order chi connectivity index (χ1) is 20.7. The summed E-state index contributed by atoms with van der Waals surface area (Å²) in [5, 5.41) is 14.6. The minimum atomic E-state index is -0.678. The SMILES string of the molecule is CC(=O)OCCOCCN1C(=O)C(C#N)=C(C)/C(=C\c2cn(-c3ccccc3)nc2-c2ccc(OCC(C)C)cc2)C1=O. The maximum Gasteiger partial charge on any atom is 0.302 e. The predicted octanol–water partition coefficient (Wildman–Crippen LogP) is 4.75. The molecule has 1 aliphatic rings. The number of hydrogen-bond donors (Lipinski definition) is 0. The predicted molar refractivity (Wildman–Crippen MR) is 160 cm³/mol. The van der Waals surface area contributed by atoms with Gasteiger partial charge in [0.1, 0.15) is 24.0 Å². The van der Waals surface area contributed by atoms with Gasteiger partial charge in [-0.2, -0.15) is 10.4 Å². The zero-order chi connectivity index (χ0) is 30.9. The van der Waals surface area contributed by atoms with E-state index in [0.717, 1.165) is 21.9 Å². The molecule has 0 fully saturated rings. The average molecular weight is 583 g/mol. The van der Waals surface area contributed by atoms with Gasteiger partial charge in [-0.25, -0.2) is 4.68 Å². The number of rotatable bonds is 12. The first-order valence-corrected chi connectivity index (χ1v) is 14.0. The minimum absolute atomic E-state index is 0.0200. The quantitative estimate of drug-likeness (QED) is 0.130. The summed E-state index contributed by atoms with van der Waals surface area (Å²) >= 11 is 0. The maximum atomic E-state index is 13.6. The molecule has 2 aromatic carbocycles. The van der Waals surface area contributed by atoms with Crippen molar-refractivity contribution in [2.75, 3.05) is 33.0 Å². The topological polar surface area (TPSA) is 124 Å². The molecule has 0 atom stereocenters. The van der Waals surface area contributed by atoms with Gasteiger partial charge < -0.3 is 14.2 Å². The highest BCUT2D eigenvalue weighted by molar-refractivity contribution is 6.19. The molecule has 43 heavy (non-hydrogen) atoms. The molecule has 1 aromatic heterocycles. The van der Waals surface area contributed by atoms with Crippen molar-refractivity contribution in [3.8, 4) is 28.8 Å². The third kappa shape index (κ3) is 7.64. The highest BCUT2D eigenvalue weighted by Crippen LogP contribution is 2.32. The Balaban J connectivity index is 1.69. The lowest BCUT2D eigenvalue weighted by Crippen LogP contribution is -2.44. The Kier molecular flexibility index (Phi) is 10.3. The van der Waals surface area contributed by atoms with Gasteiger partial charge >= 0.3 is 5.97 Å². The molecule has 1 aliphatic heterocycles. The fourth-order valence-corrected chi connectivity index (χ4v) is 4.39. The number of nitriles is 1. The van der Waals surface area contributed by atoms with Gasteiger partial charge in [0.2, 0.25) is 0 Å². The van der Waals surface area contributed by atoms with Gasteiger partial charge in [-0.1, -0.05) is 32.0 Å². The van der Waals surface area contributed by atoms with E-state index in [0.29, 0.717) is 29.4 Å². The summed E-state index contributed by atoms with van der Waals surface area (Å²) in [6.45, 7) is 7.77. The number of para-hydroxylation sites is 1.